The number of aromatic nitrogens is 1. The van der Waals surface area contributed by atoms with E-state index in [4.69, 9.17) is 9.47 Å². The third kappa shape index (κ3) is 4.44. The molecular weight excluding hydrogens is 466 g/mol. The summed E-state index contributed by atoms with van der Waals surface area (Å²) in [6, 6.07) is 13.1. The third-order valence-electron chi connectivity index (χ3n) is 7.30. The number of hydrogen-bond acceptors (Lipinski definition) is 5. The van der Waals surface area contributed by atoms with Crippen molar-refractivity contribution in [3.8, 4) is 11.5 Å². The molecule has 1 saturated heterocycles. The minimum absolute atomic E-state index is 0.0326. The van der Waals surface area contributed by atoms with E-state index in [2.05, 4.69) is 9.47 Å². The second-order valence-corrected chi connectivity index (χ2v) is 9.51. The van der Waals surface area contributed by atoms with Crippen LogP contribution in [-0.4, -0.2) is 71.2 Å². The number of fused-ring (bicyclic) bond motifs is 2. The Hall–Kier alpha value is -3.43. The van der Waals surface area contributed by atoms with Gasteiger partial charge in [0.05, 0.1) is 12.6 Å². The predicted molar refractivity (Wildman–Crippen MR) is 129 cm³/mol. The van der Waals surface area contributed by atoms with Gasteiger partial charge in [0.25, 0.3) is 0 Å². The zero-order valence-electron chi connectivity index (χ0n) is 19.9. The lowest BCUT2D eigenvalue weighted by atomic mass is 9.99. The Balaban J connectivity index is 1.10. The van der Waals surface area contributed by atoms with Crippen LogP contribution < -0.4 is 9.47 Å². The number of hydrogen-bond donors (Lipinski definition) is 0. The molecule has 0 saturated carbocycles. The summed E-state index contributed by atoms with van der Waals surface area (Å²) in [5.41, 5.74) is 2.45. The van der Waals surface area contributed by atoms with Crippen LogP contribution in [0.1, 0.15) is 22.9 Å². The first kappa shape index (κ1) is 23.0. The Labute approximate surface area is 208 Å². The standard InChI is InChI=1S/C27H28F2N4O3/c28-20-4-5-21(22(29)15-20)27-23-2-1-7-31(23)12-13-33(27)17-26(34)32-10-8-30(9-11-32)16-19-3-6-24-25(14-19)36-18-35-24/h1-7,14-15,27H,8-13,16-18H2. The molecule has 0 radical (unpaired) electrons. The summed E-state index contributed by atoms with van der Waals surface area (Å²) in [7, 11) is 0. The average Bonchev–Trinajstić information content (AvgIpc) is 3.54. The van der Waals surface area contributed by atoms with Crippen molar-refractivity contribution >= 4 is 5.91 Å². The van der Waals surface area contributed by atoms with E-state index in [9.17, 15) is 13.6 Å². The van der Waals surface area contributed by atoms with Gasteiger partial charge in [-0.3, -0.25) is 14.6 Å². The van der Waals surface area contributed by atoms with Crippen molar-refractivity contribution in [1.29, 1.82) is 0 Å². The SMILES string of the molecule is O=C(CN1CCn2cccc2C1c1ccc(F)cc1F)N1CCN(Cc2ccc3c(c2)OCO3)CC1. The third-order valence-corrected chi connectivity index (χ3v) is 7.30. The molecule has 1 atom stereocenters. The average molecular weight is 495 g/mol. The van der Waals surface area contributed by atoms with Gasteiger partial charge in [-0.1, -0.05) is 12.1 Å². The molecule has 1 amide bonds. The van der Waals surface area contributed by atoms with E-state index < -0.39 is 17.7 Å². The van der Waals surface area contributed by atoms with Crippen LogP contribution in [0.25, 0.3) is 0 Å². The van der Waals surface area contributed by atoms with Gasteiger partial charge in [0, 0.05) is 69.3 Å². The Morgan fingerprint density at radius 3 is 2.58 bits per heavy atom. The fourth-order valence-corrected chi connectivity index (χ4v) is 5.41. The highest BCUT2D eigenvalue weighted by Crippen LogP contribution is 2.35. The van der Waals surface area contributed by atoms with E-state index in [0.717, 1.165) is 55.0 Å². The second kappa shape index (κ2) is 9.55. The molecule has 1 unspecified atom stereocenters. The van der Waals surface area contributed by atoms with Gasteiger partial charge in [0.15, 0.2) is 11.5 Å². The number of ether oxygens (including phenoxy) is 2. The molecule has 9 heteroatoms. The lowest BCUT2D eigenvalue weighted by Gasteiger charge is -2.39. The van der Waals surface area contributed by atoms with Crippen LogP contribution in [0.2, 0.25) is 0 Å². The number of amides is 1. The van der Waals surface area contributed by atoms with Crippen molar-refractivity contribution in [3.05, 3.63) is 83.2 Å². The molecule has 1 aromatic heterocycles. The number of rotatable bonds is 5. The molecule has 4 heterocycles. The van der Waals surface area contributed by atoms with Crippen LogP contribution in [0.4, 0.5) is 8.78 Å². The number of carbonyl (C=O) groups excluding carboxylic acids is 1. The van der Waals surface area contributed by atoms with Crippen LogP contribution in [0.5, 0.6) is 11.5 Å². The number of carbonyl (C=O) groups is 1. The molecule has 7 nitrogen and oxygen atoms in total. The maximum atomic E-state index is 14.8. The van der Waals surface area contributed by atoms with Crippen molar-refractivity contribution in [2.75, 3.05) is 46.1 Å². The molecule has 3 aromatic rings. The zero-order valence-corrected chi connectivity index (χ0v) is 19.9. The van der Waals surface area contributed by atoms with Crippen LogP contribution >= 0.6 is 0 Å². The fraction of sp³-hybridized carbons (Fsp3) is 0.370. The number of piperazine rings is 1. The molecule has 6 rings (SSSR count). The van der Waals surface area contributed by atoms with Gasteiger partial charge in [0.2, 0.25) is 12.7 Å². The molecule has 188 valence electrons. The Bertz CT molecular complexity index is 1270. The maximum Gasteiger partial charge on any atom is 0.236 e. The smallest absolute Gasteiger partial charge is 0.236 e. The zero-order chi connectivity index (χ0) is 24.6. The largest absolute Gasteiger partial charge is 0.454 e. The van der Waals surface area contributed by atoms with Gasteiger partial charge in [-0.15, -0.1) is 0 Å². The summed E-state index contributed by atoms with van der Waals surface area (Å²) in [6.07, 6.45) is 1.96. The maximum absolute atomic E-state index is 14.8. The lowest BCUT2D eigenvalue weighted by molar-refractivity contribution is -0.135. The predicted octanol–water partition coefficient (Wildman–Crippen LogP) is 3.24. The van der Waals surface area contributed by atoms with E-state index >= 15 is 0 Å². The van der Waals surface area contributed by atoms with Crippen LogP contribution in [-0.2, 0) is 17.9 Å². The van der Waals surface area contributed by atoms with Crippen molar-refractivity contribution in [1.82, 2.24) is 19.3 Å². The summed E-state index contributed by atoms with van der Waals surface area (Å²) >= 11 is 0. The van der Waals surface area contributed by atoms with Gasteiger partial charge >= 0.3 is 0 Å². The molecule has 3 aliphatic heterocycles. The number of nitrogens with zero attached hydrogens (tertiary/aromatic N) is 4. The lowest BCUT2D eigenvalue weighted by Crippen LogP contribution is -2.52. The molecule has 0 N–H and O–H groups in total. The van der Waals surface area contributed by atoms with E-state index in [-0.39, 0.29) is 19.2 Å². The van der Waals surface area contributed by atoms with E-state index in [0.29, 0.717) is 25.2 Å². The topological polar surface area (TPSA) is 50.2 Å². The molecule has 1 fully saturated rings. The van der Waals surface area contributed by atoms with Gasteiger partial charge in [0.1, 0.15) is 11.6 Å². The number of benzene rings is 2. The minimum Gasteiger partial charge on any atom is -0.454 e. The first-order valence-electron chi connectivity index (χ1n) is 12.3. The van der Waals surface area contributed by atoms with Gasteiger partial charge < -0.3 is 18.9 Å². The van der Waals surface area contributed by atoms with Gasteiger partial charge in [-0.2, -0.15) is 0 Å². The molecule has 0 spiro atoms. The summed E-state index contributed by atoms with van der Waals surface area (Å²) in [5, 5.41) is 0. The minimum atomic E-state index is -0.608. The van der Waals surface area contributed by atoms with E-state index in [1.54, 1.807) is 0 Å². The molecule has 0 bridgehead atoms. The fourth-order valence-electron chi connectivity index (χ4n) is 5.41. The highest BCUT2D eigenvalue weighted by molar-refractivity contribution is 5.78. The molecule has 3 aliphatic rings. The van der Waals surface area contributed by atoms with Crippen LogP contribution in [0.3, 0.4) is 0 Å². The Morgan fingerprint density at radius 2 is 1.75 bits per heavy atom. The first-order valence-corrected chi connectivity index (χ1v) is 12.3. The molecule has 2 aromatic carbocycles. The Kier molecular flexibility index (Phi) is 6.10. The summed E-state index contributed by atoms with van der Waals surface area (Å²) in [6.45, 7) is 5.40. The summed E-state index contributed by atoms with van der Waals surface area (Å²) in [4.78, 5) is 19.5. The van der Waals surface area contributed by atoms with Gasteiger partial charge in [-0.25, -0.2) is 8.78 Å². The monoisotopic (exact) mass is 494 g/mol. The van der Waals surface area contributed by atoms with Crippen LogP contribution in [0.15, 0.2) is 54.7 Å². The second-order valence-electron chi connectivity index (χ2n) is 9.51. The molecular formula is C27H28F2N4O3. The summed E-state index contributed by atoms with van der Waals surface area (Å²) < 4.78 is 41.3. The summed E-state index contributed by atoms with van der Waals surface area (Å²) in [5.74, 6) is 0.386. The van der Waals surface area contributed by atoms with Crippen molar-refractivity contribution < 1.29 is 23.0 Å². The molecule has 36 heavy (non-hydrogen) atoms. The normalized spacial score (nSPS) is 19.9. The molecule has 0 aliphatic carbocycles. The van der Waals surface area contributed by atoms with Crippen molar-refractivity contribution in [2.24, 2.45) is 0 Å². The highest BCUT2D eigenvalue weighted by Gasteiger charge is 2.33. The van der Waals surface area contributed by atoms with Gasteiger partial charge in [-0.05, 0) is 35.9 Å². The van der Waals surface area contributed by atoms with Crippen LogP contribution in [0, 0.1) is 11.6 Å². The van der Waals surface area contributed by atoms with E-state index in [1.165, 1.54) is 12.1 Å². The first-order chi connectivity index (χ1) is 17.5. The van der Waals surface area contributed by atoms with Crippen molar-refractivity contribution in [2.45, 2.75) is 19.1 Å². The quantitative estimate of drug-likeness (QED) is 0.545. The van der Waals surface area contributed by atoms with Crippen molar-refractivity contribution in [3.63, 3.8) is 0 Å². The Morgan fingerprint density at radius 1 is 0.917 bits per heavy atom. The van der Waals surface area contributed by atoms with E-state index in [1.807, 2.05) is 46.3 Å². The number of halogens is 2. The highest BCUT2D eigenvalue weighted by atomic mass is 19.1.